The molecule has 0 radical (unpaired) electrons. The molecule has 0 aromatic heterocycles. The number of carbonyl (C=O) groups is 2. The molecule has 0 saturated heterocycles. The standard InChI is InChI=1S/C32H35ClF3N3O5S/c1-44-26-14-8-11-23(17-26)20-38(29(18-22-9-4-3-5-10-22)31(41)37-24-12-6-7-13-24)30(40)21-39(45(2,42)43)25-15-16-28(33)27(19-25)32(34,35)36/h3-5,8-11,14-17,19,24,29H,6-7,12-13,18,20-21H2,1-2H3,(H,37,41)/t29-/m1/s1. The maximum absolute atomic E-state index is 14.2. The van der Waals surface area contributed by atoms with Crippen LogP contribution in [0.3, 0.4) is 0 Å². The summed E-state index contributed by atoms with van der Waals surface area (Å²) in [7, 11) is -2.79. The van der Waals surface area contributed by atoms with Crippen LogP contribution >= 0.6 is 11.6 Å². The fraction of sp³-hybridized carbons (Fsp3) is 0.375. The Morgan fingerprint density at radius 1 is 1.00 bits per heavy atom. The maximum atomic E-state index is 14.2. The lowest BCUT2D eigenvalue weighted by atomic mass is 10.0. The first-order valence-corrected chi connectivity index (χ1v) is 16.6. The molecule has 1 atom stereocenters. The van der Waals surface area contributed by atoms with E-state index in [9.17, 15) is 31.2 Å². The van der Waals surface area contributed by atoms with Crippen LogP contribution in [-0.2, 0) is 38.8 Å². The van der Waals surface area contributed by atoms with Gasteiger partial charge < -0.3 is 15.0 Å². The summed E-state index contributed by atoms with van der Waals surface area (Å²) in [5.74, 6) is -0.679. The third kappa shape index (κ3) is 9.13. The molecule has 13 heteroatoms. The molecule has 242 valence electrons. The van der Waals surface area contributed by atoms with Crippen LogP contribution in [0.1, 0.15) is 42.4 Å². The lowest BCUT2D eigenvalue weighted by Crippen LogP contribution is -2.54. The number of hydrogen-bond acceptors (Lipinski definition) is 5. The average molecular weight is 666 g/mol. The van der Waals surface area contributed by atoms with Gasteiger partial charge in [0.1, 0.15) is 18.3 Å². The van der Waals surface area contributed by atoms with Gasteiger partial charge >= 0.3 is 6.18 Å². The monoisotopic (exact) mass is 665 g/mol. The van der Waals surface area contributed by atoms with E-state index < -0.39 is 51.2 Å². The van der Waals surface area contributed by atoms with Gasteiger partial charge in [0.15, 0.2) is 0 Å². The second-order valence-corrected chi connectivity index (χ2v) is 13.3. The fourth-order valence-electron chi connectivity index (χ4n) is 5.39. The molecule has 0 aliphatic heterocycles. The molecule has 1 aliphatic carbocycles. The van der Waals surface area contributed by atoms with E-state index >= 15 is 0 Å². The molecule has 45 heavy (non-hydrogen) atoms. The van der Waals surface area contributed by atoms with Crippen molar-refractivity contribution in [2.45, 2.75) is 56.9 Å². The van der Waals surface area contributed by atoms with Gasteiger partial charge in [-0.1, -0.05) is 66.9 Å². The van der Waals surface area contributed by atoms with E-state index in [0.29, 0.717) is 21.7 Å². The van der Waals surface area contributed by atoms with Gasteiger partial charge in [0.2, 0.25) is 21.8 Å². The van der Waals surface area contributed by atoms with Crippen LogP contribution in [0.4, 0.5) is 18.9 Å². The summed E-state index contributed by atoms with van der Waals surface area (Å²) < 4.78 is 72.8. The zero-order valence-corrected chi connectivity index (χ0v) is 26.5. The van der Waals surface area contributed by atoms with E-state index in [1.54, 1.807) is 36.4 Å². The van der Waals surface area contributed by atoms with Gasteiger partial charge in [-0.05, 0) is 54.3 Å². The number of nitrogens with one attached hydrogen (secondary N) is 1. The molecule has 2 amide bonds. The number of benzene rings is 3. The lowest BCUT2D eigenvalue weighted by molar-refractivity contribution is -0.140. The first kappa shape index (κ1) is 34.1. The summed E-state index contributed by atoms with van der Waals surface area (Å²) in [6.07, 6.45) is -0.426. The highest BCUT2D eigenvalue weighted by Gasteiger charge is 2.37. The van der Waals surface area contributed by atoms with Crippen LogP contribution in [-0.4, -0.2) is 57.1 Å². The number of hydrogen-bond donors (Lipinski definition) is 1. The molecule has 1 N–H and O–H groups in total. The highest BCUT2D eigenvalue weighted by atomic mass is 35.5. The van der Waals surface area contributed by atoms with E-state index in [0.717, 1.165) is 49.6 Å². The normalized spacial score (nSPS) is 14.5. The summed E-state index contributed by atoms with van der Waals surface area (Å²) >= 11 is 5.78. The molecular formula is C32H35ClF3N3O5S. The van der Waals surface area contributed by atoms with Crippen molar-refractivity contribution >= 4 is 39.1 Å². The first-order chi connectivity index (χ1) is 21.3. The van der Waals surface area contributed by atoms with Crippen LogP contribution in [0.15, 0.2) is 72.8 Å². The Morgan fingerprint density at radius 2 is 1.67 bits per heavy atom. The van der Waals surface area contributed by atoms with Crippen LogP contribution in [0.2, 0.25) is 5.02 Å². The number of halogens is 4. The SMILES string of the molecule is COc1cccc(CN(C(=O)CN(c2ccc(Cl)c(C(F)(F)F)c2)S(C)(=O)=O)[C@H](Cc2ccccc2)C(=O)NC2CCCC2)c1. The molecule has 8 nitrogen and oxygen atoms in total. The lowest BCUT2D eigenvalue weighted by Gasteiger charge is -2.34. The Labute approximate surface area is 266 Å². The molecule has 1 fully saturated rings. The Hall–Kier alpha value is -3.77. The number of ether oxygens (including phenoxy) is 1. The van der Waals surface area contributed by atoms with Crippen molar-refractivity contribution in [2.24, 2.45) is 0 Å². The van der Waals surface area contributed by atoms with Gasteiger partial charge in [0.25, 0.3) is 0 Å². The van der Waals surface area contributed by atoms with E-state index in [-0.39, 0.29) is 24.7 Å². The quantitative estimate of drug-likeness (QED) is 0.263. The number of sulfonamides is 1. The predicted octanol–water partition coefficient (Wildman–Crippen LogP) is 5.83. The molecule has 0 spiro atoms. The van der Waals surface area contributed by atoms with Crippen molar-refractivity contribution in [1.82, 2.24) is 10.2 Å². The molecular weight excluding hydrogens is 631 g/mol. The third-order valence-electron chi connectivity index (χ3n) is 7.68. The van der Waals surface area contributed by atoms with Crippen LogP contribution in [0.25, 0.3) is 0 Å². The number of alkyl halides is 3. The van der Waals surface area contributed by atoms with Crippen LogP contribution in [0, 0.1) is 0 Å². The fourth-order valence-corrected chi connectivity index (χ4v) is 6.45. The number of nitrogens with zero attached hydrogens (tertiary/aromatic N) is 2. The minimum atomic E-state index is -4.86. The molecule has 4 rings (SSSR count). The van der Waals surface area contributed by atoms with Crippen LogP contribution < -0.4 is 14.4 Å². The van der Waals surface area contributed by atoms with Crippen LogP contribution in [0.5, 0.6) is 5.75 Å². The zero-order chi connectivity index (χ0) is 32.8. The van der Waals surface area contributed by atoms with Gasteiger partial charge in [-0.25, -0.2) is 8.42 Å². The summed E-state index contributed by atoms with van der Waals surface area (Å²) in [5, 5.41) is 2.45. The van der Waals surface area contributed by atoms with Crippen molar-refractivity contribution in [1.29, 1.82) is 0 Å². The van der Waals surface area contributed by atoms with E-state index in [2.05, 4.69) is 5.32 Å². The van der Waals surface area contributed by atoms with E-state index in [4.69, 9.17) is 16.3 Å². The number of rotatable bonds is 12. The maximum Gasteiger partial charge on any atom is 0.417 e. The number of methoxy groups -OCH3 is 1. The van der Waals surface area contributed by atoms with Gasteiger partial charge in [-0.3, -0.25) is 13.9 Å². The molecule has 0 unspecified atom stereocenters. The highest BCUT2D eigenvalue weighted by molar-refractivity contribution is 7.92. The van der Waals surface area contributed by atoms with E-state index in [1.807, 2.05) is 18.2 Å². The molecule has 1 aliphatic rings. The first-order valence-electron chi connectivity index (χ1n) is 14.4. The summed E-state index contributed by atoms with van der Waals surface area (Å²) in [4.78, 5) is 29.4. The Morgan fingerprint density at radius 3 is 2.29 bits per heavy atom. The van der Waals surface area contributed by atoms with Gasteiger partial charge in [0, 0.05) is 19.0 Å². The number of amides is 2. The minimum Gasteiger partial charge on any atom is -0.497 e. The second-order valence-electron chi connectivity index (χ2n) is 11.0. The van der Waals surface area contributed by atoms with Crippen molar-refractivity contribution in [3.05, 3.63) is 94.5 Å². The smallest absolute Gasteiger partial charge is 0.417 e. The second kappa shape index (κ2) is 14.6. The Kier molecular flexibility index (Phi) is 11.0. The largest absolute Gasteiger partial charge is 0.497 e. The van der Waals surface area contributed by atoms with E-state index in [1.165, 1.54) is 12.0 Å². The van der Waals surface area contributed by atoms with Crippen molar-refractivity contribution < 1.29 is 35.9 Å². The molecule has 3 aromatic rings. The zero-order valence-electron chi connectivity index (χ0n) is 24.9. The summed E-state index contributed by atoms with van der Waals surface area (Å²) in [6.45, 7) is -0.957. The Balaban J connectivity index is 1.77. The molecule has 1 saturated carbocycles. The average Bonchev–Trinajstić information content (AvgIpc) is 3.50. The van der Waals surface area contributed by atoms with Crippen molar-refractivity contribution in [3.63, 3.8) is 0 Å². The summed E-state index contributed by atoms with van der Waals surface area (Å²) in [5.41, 5.74) is -0.265. The van der Waals surface area contributed by atoms with Gasteiger partial charge in [-0.15, -0.1) is 0 Å². The Bertz CT molecular complexity index is 1600. The number of anilines is 1. The molecule has 0 heterocycles. The third-order valence-corrected chi connectivity index (χ3v) is 9.15. The number of carbonyl (C=O) groups excluding carboxylic acids is 2. The molecule has 0 bridgehead atoms. The van der Waals surface area contributed by atoms with Gasteiger partial charge in [-0.2, -0.15) is 13.2 Å². The predicted molar refractivity (Wildman–Crippen MR) is 167 cm³/mol. The topological polar surface area (TPSA) is 96.0 Å². The minimum absolute atomic E-state index is 0.0630. The molecule has 3 aromatic carbocycles. The van der Waals surface area contributed by atoms with Crippen molar-refractivity contribution in [3.8, 4) is 5.75 Å². The van der Waals surface area contributed by atoms with Gasteiger partial charge in [0.05, 0.1) is 29.6 Å². The van der Waals surface area contributed by atoms with Crippen molar-refractivity contribution in [2.75, 3.05) is 24.2 Å². The summed E-state index contributed by atoms with van der Waals surface area (Å²) in [6, 6.07) is 17.4. The highest BCUT2D eigenvalue weighted by Crippen LogP contribution is 2.37.